The van der Waals surface area contributed by atoms with Crippen molar-refractivity contribution in [3.05, 3.63) is 35.6 Å². The van der Waals surface area contributed by atoms with Crippen LogP contribution in [-0.2, 0) is 6.42 Å². The van der Waals surface area contributed by atoms with Crippen LogP contribution in [0.3, 0.4) is 0 Å². The van der Waals surface area contributed by atoms with Crippen molar-refractivity contribution in [2.45, 2.75) is 38.7 Å². The summed E-state index contributed by atoms with van der Waals surface area (Å²) in [5.74, 6) is -0.212. The molecular weight excluding hydrogens is 179 g/mol. The van der Waals surface area contributed by atoms with Crippen LogP contribution in [0.1, 0.15) is 32.3 Å². The number of rotatable bonds is 4. The zero-order chi connectivity index (χ0) is 10.6. The topological polar surface area (TPSA) is 20.2 Å². The predicted molar refractivity (Wildman–Crippen MR) is 55.6 cm³/mol. The van der Waals surface area contributed by atoms with Crippen molar-refractivity contribution in [1.82, 2.24) is 0 Å². The second-order valence-corrected chi connectivity index (χ2v) is 3.98. The largest absolute Gasteiger partial charge is 0.390 e. The summed E-state index contributed by atoms with van der Waals surface area (Å²) in [4.78, 5) is 0. The van der Waals surface area contributed by atoms with Gasteiger partial charge in [-0.15, -0.1) is 0 Å². The number of hydrogen-bond acceptors (Lipinski definition) is 1. The minimum atomic E-state index is -0.603. The molecule has 0 saturated heterocycles. The van der Waals surface area contributed by atoms with Crippen LogP contribution in [0.15, 0.2) is 24.3 Å². The first-order chi connectivity index (χ1) is 6.53. The van der Waals surface area contributed by atoms with E-state index in [4.69, 9.17) is 0 Å². The Hall–Kier alpha value is -0.890. The van der Waals surface area contributed by atoms with E-state index in [1.807, 2.05) is 13.8 Å². The fraction of sp³-hybridized carbons (Fsp3) is 0.500. The van der Waals surface area contributed by atoms with Crippen molar-refractivity contribution in [2.75, 3.05) is 0 Å². The lowest BCUT2D eigenvalue weighted by Crippen LogP contribution is -2.23. The fourth-order valence-electron chi connectivity index (χ4n) is 1.24. The highest BCUT2D eigenvalue weighted by atomic mass is 19.1. The molecule has 0 aromatic heterocycles. The number of halogens is 1. The molecule has 0 fully saturated rings. The third-order valence-corrected chi connectivity index (χ3v) is 2.63. The summed E-state index contributed by atoms with van der Waals surface area (Å²) < 4.78 is 12.6. The fourth-order valence-corrected chi connectivity index (χ4v) is 1.24. The summed E-state index contributed by atoms with van der Waals surface area (Å²) in [6, 6.07) is 6.44. The molecule has 2 heteroatoms. The molecule has 1 atom stereocenters. The van der Waals surface area contributed by atoms with Gasteiger partial charge in [0.15, 0.2) is 0 Å². The van der Waals surface area contributed by atoms with Gasteiger partial charge in [-0.25, -0.2) is 4.39 Å². The van der Waals surface area contributed by atoms with Crippen molar-refractivity contribution in [1.29, 1.82) is 0 Å². The van der Waals surface area contributed by atoms with Gasteiger partial charge in [0.25, 0.3) is 0 Å². The molecule has 0 bridgehead atoms. The molecule has 0 aliphatic carbocycles. The lowest BCUT2D eigenvalue weighted by atomic mass is 9.94. The van der Waals surface area contributed by atoms with E-state index in [-0.39, 0.29) is 5.82 Å². The number of aryl methyl sites for hydroxylation is 1. The Kier molecular flexibility index (Phi) is 3.64. The maximum absolute atomic E-state index is 12.6. The summed E-state index contributed by atoms with van der Waals surface area (Å²) in [6.07, 6.45) is 2.25. The molecule has 0 amide bonds. The maximum Gasteiger partial charge on any atom is 0.123 e. The van der Waals surface area contributed by atoms with Gasteiger partial charge in [0, 0.05) is 0 Å². The molecule has 0 aliphatic heterocycles. The third-order valence-electron chi connectivity index (χ3n) is 2.63. The van der Waals surface area contributed by atoms with Gasteiger partial charge in [0.2, 0.25) is 0 Å². The second kappa shape index (κ2) is 4.56. The van der Waals surface area contributed by atoms with Crippen LogP contribution in [-0.4, -0.2) is 10.7 Å². The molecule has 0 saturated carbocycles. The van der Waals surface area contributed by atoms with Crippen LogP contribution < -0.4 is 0 Å². The Morgan fingerprint density at radius 2 is 1.86 bits per heavy atom. The maximum atomic E-state index is 12.6. The first-order valence-corrected chi connectivity index (χ1v) is 5.00. The summed E-state index contributed by atoms with van der Waals surface area (Å²) >= 11 is 0. The minimum Gasteiger partial charge on any atom is -0.390 e. The van der Waals surface area contributed by atoms with Crippen molar-refractivity contribution in [3.8, 4) is 0 Å². The van der Waals surface area contributed by atoms with E-state index in [0.29, 0.717) is 0 Å². The van der Waals surface area contributed by atoms with Gasteiger partial charge in [0.05, 0.1) is 5.60 Å². The van der Waals surface area contributed by atoms with Crippen LogP contribution in [0.25, 0.3) is 0 Å². The minimum absolute atomic E-state index is 0.212. The SMILES string of the molecule is CCC(C)(O)CCc1ccc(F)cc1. The highest BCUT2D eigenvalue weighted by Gasteiger charge is 2.16. The van der Waals surface area contributed by atoms with Crippen molar-refractivity contribution in [3.63, 3.8) is 0 Å². The van der Waals surface area contributed by atoms with E-state index >= 15 is 0 Å². The second-order valence-electron chi connectivity index (χ2n) is 3.98. The predicted octanol–water partition coefficient (Wildman–Crippen LogP) is 2.92. The molecule has 78 valence electrons. The lowest BCUT2D eigenvalue weighted by molar-refractivity contribution is 0.0473. The Bertz CT molecular complexity index is 277. The summed E-state index contributed by atoms with van der Waals surface area (Å²) in [6.45, 7) is 3.79. The molecule has 0 aliphatic rings. The van der Waals surface area contributed by atoms with E-state index in [1.165, 1.54) is 12.1 Å². The molecule has 1 unspecified atom stereocenters. The van der Waals surface area contributed by atoms with Crippen LogP contribution >= 0.6 is 0 Å². The Labute approximate surface area is 84.6 Å². The number of benzene rings is 1. The molecule has 14 heavy (non-hydrogen) atoms. The lowest BCUT2D eigenvalue weighted by Gasteiger charge is -2.20. The Morgan fingerprint density at radius 1 is 1.29 bits per heavy atom. The van der Waals surface area contributed by atoms with Crippen LogP contribution in [0.2, 0.25) is 0 Å². The first kappa shape index (κ1) is 11.2. The quantitative estimate of drug-likeness (QED) is 0.785. The molecule has 1 nitrogen and oxygen atoms in total. The zero-order valence-electron chi connectivity index (χ0n) is 8.76. The van der Waals surface area contributed by atoms with Gasteiger partial charge < -0.3 is 5.11 Å². The monoisotopic (exact) mass is 196 g/mol. The van der Waals surface area contributed by atoms with Crippen LogP contribution in [0.5, 0.6) is 0 Å². The van der Waals surface area contributed by atoms with Gasteiger partial charge in [-0.05, 0) is 43.9 Å². The number of hydrogen-bond donors (Lipinski definition) is 1. The Balaban J connectivity index is 2.50. The van der Waals surface area contributed by atoms with E-state index < -0.39 is 5.60 Å². The summed E-state index contributed by atoms with van der Waals surface area (Å²) in [5, 5.41) is 9.77. The van der Waals surface area contributed by atoms with Gasteiger partial charge in [-0.3, -0.25) is 0 Å². The van der Waals surface area contributed by atoms with Crippen molar-refractivity contribution < 1.29 is 9.50 Å². The normalized spacial score (nSPS) is 15.1. The first-order valence-electron chi connectivity index (χ1n) is 5.00. The van der Waals surface area contributed by atoms with Crippen LogP contribution in [0.4, 0.5) is 4.39 Å². The molecule has 1 aromatic carbocycles. The van der Waals surface area contributed by atoms with Crippen molar-refractivity contribution >= 4 is 0 Å². The van der Waals surface area contributed by atoms with Gasteiger partial charge >= 0.3 is 0 Å². The van der Waals surface area contributed by atoms with Gasteiger partial charge in [-0.2, -0.15) is 0 Å². The highest BCUT2D eigenvalue weighted by Crippen LogP contribution is 2.17. The average Bonchev–Trinajstić information content (AvgIpc) is 2.17. The smallest absolute Gasteiger partial charge is 0.123 e. The molecular formula is C12H17FO. The molecule has 1 aromatic rings. The van der Waals surface area contributed by atoms with E-state index in [2.05, 4.69) is 0 Å². The molecule has 0 radical (unpaired) electrons. The molecule has 0 heterocycles. The highest BCUT2D eigenvalue weighted by molar-refractivity contribution is 5.16. The van der Waals surface area contributed by atoms with Gasteiger partial charge in [-0.1, -0.05) is 19.1 Å². The zero-order valence-corrected chi connectivity index (χ0v) is 8.76. The molecule has 1 rings (SSSR count). The van der Waals surface area contributed by atoms with E-state index in [1.54, 1.807) is 12.1 Å². The molecule has 1 N–H and O–H groups in total. The van der Waals surface area contributed by atoms with E-state index in [0.717, 1.165) is 24.8 Å². The van der Waals surface area contributed by atoms with Gasteiger partial charge in [0.1, 0.15) is 5.82 Å². The Morgan fingerprint density at radius 3 is 2.36 bits per heavy atom. The summed E-state index contributed by atoms with van der Waals surface area (Å²) in [7, 11) is 0. The third kappa shape index (κ3) is 3.46. The standard InChI is InChI=1S/C12H17FO/c1-3-12(2,14)9-8-10-4-6-11(13)7-5-10/h4-7,14H,3,8-9H2,1-2H3. The van der Waals surface area contributed by atoms with E-state index in [9.17, 15) is 9.50 Å². The average molecular weight is 196 g/mol. The molecule has 0 spiro atoms. The van der Waals surface area contributed by atoms with Crippen LogP contribution in [0, 0.1) is 5.82 Å². The van der Waals surface area contributed by atoms with Crippen molar-refractivity contribution in [2.24, 2.45) is 0 Å². The number of aliphatic hydroxyl groups is 1. The summed E-state index contributed by atoms with van der Waals surface area (Å²) in [5.41, 5.74) is 0.467.